The zero-order valence-electron chi connectivity index (χ0n) is 53.0. The molecule has 4 aromatic rings. The normalized spacial score (nSPS) is 18.5. The van der Waals surface area contributed by atoms with Crippen LogP contribution in [0.1, 0.15) is 63.5 Å². The van der Waals surface area contributed by atoms with Crippen LogP contribution in [0.3, 0.4) is 0 Å². The maximum Gasteiger partial charge on any atom is 0.335 e. The van der Waals surface area contributed by atoms with E-state index in [1.165, 1.54) is 19.2 Å². The van der Waals surface area contributed by atoms with Gasteiger partial charge in [0.15, 0.2) is 12.3 Å². The van der Waals surface area contributed by atoms with E-state index in [4.69, 9.17) is 42.7 Å². The first-order valence-electron chi connectivity index (χ1n) is 30.0. The van der Waals surface area contributed by atoms with Crippen molar-refractivity contribution >= 4 is 107 Å². The number of carbonyl (C=O) groups excluding carboxylic acids is 3. The van der Waals surface area contributed by atoms with Crippen LogP contribution in [0.5, 0.6) is 0 Å². The molecule has 1 saturated heterocycles. The van der Waals surface area contributed by atoms with E-state index >= 15 is 0 Å². The van der Waals surface area contributed by atoms with Crippen LogP contribution in [-0.2, 0) is 119 Å². The first-order valence-corrected chi connectivity index (χ1v) is 37.4. The number of hydroxylamine groups is 2. The van der Waals surface area contributed by atoms with Crippen LogP contribution in [0, 0.1) is 0 Å². The van der Waals surface area contributed by atoms with Crippen molar-refractivity contribution in [2.45, 2.75) is 82.8 Å². The molecule has 3 heterocycles. The van der Waals surface area contributed by atoms with Crippen molar-refractivity contribution in [3.8, 4) is 0 Å². The van der Waals surface area contributed by atoms with Crippen molar-refractivity contribution in [3.63, 3.8) is 0 Å². The Bertz CT molecular complexity index is 4270. The molecule has 3 aliphatic rings. The molecule has 0 saturated carbocycles. The number of ether oxygens (including phenoxy) is 8. The maximum absolute atomic E-state index is 13.0. The lowest BCUT2D eigenvalue weighted by Crippen LogP contribution is -2.32. The molecular formula is C61H78N3O27S5+. The Morgan fingerprint density at radius 3 is 1.56 bits per heavy atom. The molecule has 2 unspecified atom stereocenters. The van der Waals surface area contributed by atoms with Gasteiger partial charge in [0.2, 0.25) is 5.69 Å². The van der Waals surface area contributed by atoms with Crippen molar-refractivity contribution in [1.82, 2.24) is 5.06 Å². The van der Waals surface area contributed by atoms with Gasteiger partial charge in [0.1, 0.15) is 16.4 Å². The van der Waals surface area contributed by atoms with E-state index in [9.17, 15) is 79.2 Å². The summed E-state index contributed by atoms with van der Waals surface area (Å²) < 4.78 is 225. The Hall–Kier alpha value is -6.33. The lowest BCUT2D eigenvalue weighted by Gasteiger charge is -2.31. The molecule has 4 aromatic carbocycles. The molecule has 30 nitrogen and oxygen atoms in total. The molecule has 2 atom stereocenters. The van der Waals surface area contributed by atoms with Crippen LogP contribution in [0.25, 0.3) is 21.5 Å². The molecule has 0 spiro atoms. The van der Waals surface area contributed by atoms with Gasteiger partial charge < -0.3 is 47.6 Å². The summed E-state index contributed by atoms with van der Waals surface area (Å²) in [6.45, 7) is 6.04. The highest BCUT2D eigenvalue weighted by Gasteiger charge is 2.50. The van der Waals surface area contributed by atoms with Crippen LogP contribution in [0.2, 0.25) is 0 Å². The monoisotopic (exact) mass is 1440 g/mol. The third-order valence-corrected chi connectivity index (χ3v) is 20.2. The number of fused-ring (bicyclic) bond motifs is 6. The summed E-state index contributed by atoms with van der Waals surface area (Å²) in [7, 11) is -21.9. The fourth-order valence-corrected chi connectivity index (χ4v) is 14.8. The van der Waals surface area contributed by atoms with Gasteiger partial charge in [-0.05, 0) is 91.9 Å². The number of amides is 2. The lowest BCUT2D eigenvalue weighted by molar-refractivity contribution is -0.441. The smallest absolute Gasteiger partial charge is 0.335 e. The van der Waals surface area contributed by atoms with Crippen molar-refractivity contribution in [3.05, 3.63) is 108 Å². The van der Waals surface area contributed by atoms with E-state index in [0.717, 1.165) is 12.1 Å². The number of hydrogen-bond acceptors (Lipinski definition) is 23. The molecule has 1 fully saturated rings. The SMILES string of the molecule is COCCOCCOCCOCCC1(C)\C(=C/C=C/C=C/C=C/C2=[N+](CCOC)c3ccc4c(S(=O)(=O)O)cc(S(=O)(=O)O)cc4c3C2(C)CCCS(=O)(=O)O)N(CCOCCOCCOCCC(=O)ON2C(=O)CCC2=O)c2ccc3c(S(=O)(=O)O)cc(S(=O)(=O)O)cc3c21. The topological polar surface area (TPSA) is 416 Å². The molecule has 0 bridgehead atoms. The first-order chi connectivity index (χ1) is 45.3. The third kappa shape index (κ3) is 19.7. The fraction of sp³-hybridized carbons (Fsp3) is 0.475. The van der Waals surface area contributed by atoms with E-state index in [-0.39, 0.29) is 146 Å². The van der Waals surface area contributed by atoms with Gasteiger partial charge >= 0.3 is 5.97 Å². The second-order valence-corrected chi connectivity index (χ2v) is 29.7. The van der Waals surface area contributed by atoms with Gasteiger partial charge in [-0.1, -0.05) is 36.4 Å². The molecule has 528 valence electrons. The lowest BCUT2D eigenvalue weighted by atomic mass is 9.74. The van der Waals surface area contributed by atoms with Crippen molar-refractivity contribution in [2.75, 3.05) is 130 Å². The fourth-order valence-electron chi connectivity index (χ4n) is 11.6. The minimum absolute atomic E-state index is 0.00594. The molecular weight excluding hydrogens is 1370 g/mol. The van der Waals surface area contributed by atoms with Crippen molar-refractivity contribution in [1.29, 1.82) is 0 Å². The number of rotatable bonds is 40. The van der Waals surface area contributed by atoms with Gasteiger partial charge in [-0.15, -0.1) is 5.06 Å². The van der Waals surface area contributed by atoms with E-state index in [1.807, 2.05) is 16.4 Å². The molecule has 3 aliphatic heterocycles. The number of methoxy groups -OCH3 is 2. The average molecular weight is 1450 g/mol. The predicted octanol–water partition coefficient (Wildman–Crippen LogP) is 5.11. The predicted molar refractivity (Wildman–Crippen MR) is 345 cm³/mol. The second-order valence-electron chi connectivity index (χ2n) is 22.5. The first kappa shape index (κ1) is 77.0. The summed E-state index contributed by atoms with van der Waals surface area (Å²) in [4.78, 5) is 39.1. The van der Waals surface area contributed by atoms with Crippen LogP contribution in [-0.4, -0.2) is 224 Å². The minimum atomic E-state index is -5.13. The average Bonchev–Trinajstić information content (AvgIpc) is 1.53. The quantitative estimate of drug-likeness (QED) is 0.0127. The number of anilines is 1. The summed E-state index contributed by atoms with van der Waals surface area (Å²) >= 11 is 0. The van der Waals surface area contributed by atoms with Gasteiger partial charge in [0.05, 0.1) is 107 Å². The number of hydrogen-bond donors (Lipinski definition) is 5. The van der Waals surface area contributed by atoms with E-state index < -0.39 is 105 Å². The molecule has 35 heteroatoms. The van der Waals surface area contributed by atoms with E-state index in [0.29, 0.717) is 70.9 Å². The summed E-state index contributed by atoms with van der Waals surface area (Å²) in [6, 6.07) is 9.40. The zero-order chi connectivity index (χ0) is 70.3. The van der Waals surface area contributed by atoms with Gasteiger partial charge in [-0.25, -0.2) is 4.79 Å². The van der Waals surface area contributed by atoms with Gasteiger partial charge in [-0.3, -0.25) is 32.4 Å². The Morgan fingerprint density at radius 1 is 0.542 bits per heavy atom. The summed E-state index contributed by atoms with van der Waals surface area (Å²) in [5.41, 5.74) is 0.181. The van der Waals surface area contributed by atoms with Crippen molar-refractivity contribution in [2.24, 2.45) is 0 Å². The molecule has 0 aromatic heterocycles. The van der Waals surface area contributed by atoms with Crippen LogP contribution in [0.4, 0.5) is 11.4 Å². The molecule has 0 radical (unpaired) electrons. The molecule has 96 heavy (non-hydrogen) atoms. The zero-order valence-corrected chi connectivity index (χ0v) is 57.1. The summed E-state index contributed by atoms with van der Waals surface area (Å²) in [5.74, 6) is -2.72. The van der Waals surface area contributed by atoms with Gasteiger partial charge in [0, 0.05) is 85.5 Å². The number of allylic oxidation sites excluding steroid dienone is 8. The highest BCUT2D eigenvalue weighted by molar-refractivity contribution is 7.87. The highest BCUT2D eigenvalue weighted by atomic mass is 32.2. The standard InChI is InChI=1S/C61H77N3O27S5/c1-60(20-10-38-92(68,69)70)53(62(22-26-83-3)49-15-13-45-47(58(49)60)39-43(93(71,72)73)41-51(45)95(77,78)79)11-8-6-5-7-9-12-54-61(2,21-25-86-31-34-90-37-36-88-29-28-84-4)59-48-40-44(94(74,75)76)42-52(96(80,81)82)46(48)14-16-50(59)63(54)23-27-87-32-35-89-33-30-85-24-19-57(67)91-64-55(65)17-18-56(64)66/h5-9,11-16,39-42H,10,17-38H2,1-4H3,(H4-,68,69,70,71,72,73,74,75,76,77,78,79,80,81,82)/p+1. The van der Waals surface area contributed by atoms with Crippen LogP contribution in [0.15, 0.2) is 116 Å². The number of imide groups is 1. The van der Waals surface area contributed by atoms with Crippen LogP contribution < -0.4 is 4.90 Å². The molecule has 0 aliphatic carbocycles. The number of carbonyl (C=O) groups is 3. The Morgan fingerprint density at radius 2 is 1.03 bits per heavy atom. The molecule has 2 amide bonds. The third-order valence-electron chi connectivity index (χ3n) is 16.0. The van der Waals surface area contributed by atoms with E-state index in [2.05, 4.69) is 0 Å². The van der Waals surface area contributed by atoms with Gasteiger partial charge in [-0.2, -0.15) is 46.7 Å². The summed E-state index contributed by atoms with van der Waals surface area (Å²) in [6.07, 6.45) is 11.4. The van der Waals surface area contributed by atoms with E-state index in [1.54, 1.807) is 68.7 Å². The van der Waals surface area contributed by atoms with Crippen LogP contribution >= 0.6 is 0 Å². The number of nitrogens with zero attached hydrogens (tertiary/aromatic N) is 3. The van der Waals surface area contributed by atoms with Gasteiger partial charge in [0.25, 0.3) is 62.4 Å². The second kappa shape index (κ2) is 33.5. The summed E-state index contributed by atoms with van der Waals surface area (Å²) in [5, 5.41) is 0.331. The Kier molecular flexibility index (Phi) is 26.9. The molecule has 5 N–H and O–H groups in total. The molecule has 7 rings (SSSR count). The maximum atomic E-state index is 13.0. The number of benzene rings is 4. The minimum Gasteiger partial charge on any atom is -0.382 e. The van der Waals surface area contributed by atoms with Crippen molar-refractivity contribution < 1.29 is 127 Å². The highest BCUT2D eigenvalue weighted by Crippen LogP contribution is 2.54. The largest absolute Gasteiger partial charge is 0.382 e. The Balaban J connectivity index is 1.21. The Labute approximate surface area is 556 Å².